The van der Waals surface area contributed by atoms with Crippen LogP contribution in [0.4, 0.5) is 34.1 Å². The molecule has 0 amide bonds. The topological polar surface area (TPSA) is 6.48 Å². The van der Waals surface area contributed by atoms with Gasteiger partial charge in [-0.05, 0) is 249 Å². The predicted octanol–water partition coefficient (Wildman–Crippen LogP) is 31.2. The zero-order valence-electron chi connectivity index (χ0n) is 65.5. The number of anilines is 6. The van der Waals surface area contributed by atoms with E-state index in [1.54, 1.807) is 0 Å². The number of rotatable bonds is 14. The predicted molar refractivity (Wildman–Crippen MR) is 491 cm³/mol. The van der Waals surface area contributed by atoms with Crippen LogP contribution in [0.5, 0.6) is 0 Å². The molecule has 0 spiro atoms. The first-order chi connectivity index (χ1) is 56.2. The summed E-state index contributed by atoms with van der Waals surface area (Å²) in [6, 6.07) is 140. The molecule has 0 aromatic heterocycles. The van der Waals surface area contributed by atoms with Gasteiger partial charge in [-0.3, -0.25) is 0 Å². The third-order valence-electron chi connectivity index (χ3n) is 25.4. The lowest BCUT2D eigenvalue weighted by Gasteiger charge is -2.28. The molecule has 18 aromatic carbocycles. The van der Waals surface area contributed by atoms with E-state index in [1.165, 1.54) is 177 Å². The lowest BCUT2D eigenvalue weighted by Crippen LogP contribution is -2.16. The molecule has 0 heterocycles. The van der Waals surface area contributed by atoms with Crippen molar-refractivity contribution in [2.75, 3.05) is 9.80 Å². The van der Waals surface area contributed by atoms with E-state index in [0.717, 1.165) is 34.1 Å². The summed E-state index contributed by atoms with van der Waals surface area (Å²) < 4.78 is 0. The summed E-state index contributed by atoms with van der Waals surface area (Å²) in [5.74, 6) is 0. The van der Waals surface area contributed by atoms with E-state index < -0.39 is 0 Å². The minimum Gasteiger partial charge on any atom is -0.310 e. The maximum Gasteiger partial charge on any atom is 0.0465 e. The summed E-state index contributed by atoms with van der Waals surface area (Å²) >= 11 is 0. The molecule has 0 unspecified atom stereocenters. The van der Waals surface area contributed by atoms with Gasteiger partial charge in [0.05, 0.1) is 0 Å². The summed E-state index contributed by atoms with van der Waals surface area (Å²) in [5, 5.41) is 10.0. The third kappa shape index (κ3) is 11.8. The molecule has 3 aliphatic rings. The Balaban J connectivity index is 0.532. The van der Waals surface area contributed by atoms with Crippen molar-refractivity contribution in [1.29, 1.82) is 0 Å². The van der Waals surface area contributed by atoms with E-state index in [1.807, 2.05) is 0 Å². The molecule has 0 saturated heterocycles. The van der Waals surface area contributed by atoms with Crippen molar-refractivity contribution in [3.05, 3.63) is 432 Å². The van der Waals surface area contributed by atoms with E-state index in [9.17, 15) is 0 Å². The first-order valence-corrected chi connectivity index (χ1v) is 40.4. The second kappa shape index (κ2) is 27.2. The molecule has 0 saturated carbocycles. The number of nitrogens with zero attached hydrogens (tertiary/aromatic N) is 2. The molecule has 0 aliphatic heterocycles. The van der Waals surface area contributed by atoms with Crippen LogP contribution in [-0.2, 0) is 16.2 Å². The summed E-state index contributed by atoms with van der Waals surface area (Å²) in [7, 11) is 0. The molecule has 3 aliphatic carbocycles. The van der Waals surface area contributed by atoms with Gasteiger partial charge in [0.25, 0.3) is 0 Å². The Kier molecular flexibility index (Phi) is 16.3. The summed E-state index contributed by atoms with van der Waals surface area (Å²) in [5.41, 5.74) is 36.4. The quantitative estimate of drug-likeness (QED) is 0.100. The Hall–Kier alpha value is -13.9. The molecule has 546 valence electrons. The molecule has 115 heavy (non-hydrogen) atoms. The minimum absolute atomic E-state index is 0.197. The van der Waals surface area contributed by atoms with Crippen molar-refractivity contribution in [3.8, 4) is 77.9 Å². The number of hydrogen-bond donors (Lipinski definition) is 0. The van der Waals surface area contributed by atoms with Gasteiger partial charge >= 0.3 is 0 Å². The third-order valence-corrected chi connectivity index (χ3v) is 25.4. The standard InChI is InChI=1S/C113H84N2/c1-111(2)105-67-73(35-37-75-41-63-101-103-65-59-89(71-109(103)112(3,4)107(101)69-75)114(85-51-43-81(44-52-85)95-31-15-23-77-19-7-11-27-91(77)95)86-53-45-82(46-54-86)96-32-16-24-78-20-8-12-28-92(78)96)39-61-99(105)100-62-40-74(68-106(100)111)36-38-76-42-64-102-104-66-60-90(72-110(104)113(5,6)108(102)70-76)115(87-55-47-83(48-56-87)97-33-17-25-79-21-9-13-29-93(79)97)88-57-49-84(50-58-88)98-34-18-26-80-22-10-14-30-94(80)98/h7-72H,1-6H3. The van der Waals surface area contributed by atoms with Gasteiger partial charge in [0.1, 0.15) is 0 Å². The Labute approximate surface area is 674 Å². The average Bonchev–Trinajstić information content (AvgIpc) is 1.59. The second-order valence-corrected chi connectivity index (χ2v) is 33.2. The average molecular weight is 1470 g/mol. The lowest BCUT2D eigenvalue weighted by atomic mass is 9.81. The molecular formula is C113H84N2. The van der Waals surface area contributed by atoms with Crippen LogP contribution in [0.1, 0.15) is 97.2 Å². The molecule has 18 aromatic rings. The Morgan fingerprint density at radius 3 is 0.617 bits per heavy atom. The first-order valence-electron chi connectivity index (χ1n) is 40.4. The van der Waals surface area contributed by atoms with Crippen molar-refractivity contribution in [2.24, 2.45) is 0 Å². The summed E-state index contributed by atoms with van der Waals surface area (Å²) in [6.45, 7) is 14.4. The van der Waals surface area contributed by atoms with E-state index in [0.29, 0.717) is 0 Å². The van der Waals surface area contributed by atoms with Crippen LogP contribution in [0.15, 0.2) is 376 Å². The highest BCUT2D eigenvalue weighted by Gasteiger charge is 2.39. The van der Waals surface area contributed by atoms with Crippen LogP contribution >= 0.6 is 0 Å². The van der Waals surface area contributed by atoms with E-state index >= 15 is 0 Å². The monoisotopic (exact) mass is 1470 g/mol. The molecular weight excluding hydrogens is 1390 g/mol. The summed E-state index contributed by atoms with van der Waals surface area (Å²) in [6.07, 6.45) is 9.23. The van der Waals surface area contributed by atoms with Gasteiger partial charge in [0, 0.05) is 50.4 Å². The molecule has 0 fully saturated rings. The molecule has 0 radical (unpaired) electrons. The Bertz CT molecular complexity index is 6340. The first kappa shape index (κ1) is 69.1. The van der Waals surface area contributed by atoms with E-state index in [-0.39, 0.29) is 16.2 Å². The fraction of sp³-hybridized carbons (Fsp3) is 0.0796. The maximum absolute atomic E-state index is 2.45. The van der Waals surface area contributed by atoms with Gasteiger partial charge in [0.2, 0.25) is 0 Å². The smallest absolute Gasteiger partial charge is 0.0465 e. The SMILES string of the molecule is CC1(C)c2cc(C=Cc3ccc4c(c3)C(C)(C)c3cc(N(c5ccc(-c6cccc7ccccc67)cc5)c5ccc(-c6cccc7ccccc67)cc5)ccc3-4)ccc2-c2ccc(C=Cc3ccc4c(c3)C(C)(C)c3cc(N(c5ccc(-c6cccc7ccccc67)cc5)c5ccc(-c6cccc7ccccc67)cc5)ccc3-4)cc21. The van der Waals surface area contributed by atoms with Crippen molar-refractivity contribution < 1.29 is 0 Å². The van der Waals surface area contributed by atoms with Gasteiger partial charge < -0.3 is 9.80 Å². The number of benzene rings is 18. The molecule has 2 heteroatoms. The van der Waals surface area contributed by atoms with E-state index in [4.69, 9.17) is 0 Å². The highest BCUT2D eigenvalue weighted by molar-refractivity contribution is 6.02. The number of hydrogen-bond acceptors (Lipinski definition) is 2. The molecule has 0 N–H and O–H groups in total. The van der Waals surface area contributed by atoms with E-state index in [2.05, 4.69) is 452 Å². The zero-order chi connectivity index (χ0) is 77.3. The molecule has 0 bridgehead atoms. The fourth-order valence-electron chi connectivity index (χ4n) is 19.3. The molecule has 0 atom stereocenters. The fourth-order valence-corrected chi connectivity index (χ4v) is 19.3. The van der Waals surface area contributed by atoms with Gasteiger partial charge in [-0.1, -0.05) is 369 Å². The highest BCUT2D eigenvalue weighted by Crippen LogP contribution is 2.55. The van der Waals surface area contributed by atoms with Crippen LogP contribution in [0, 0.1) is 0 Å². The van der Waals surface area contributed by atoms with Crippen LogP contribution in [0.25, 0.3) is 145 Å². The van der Waals surface area contributed by atoms with Gasteiger partial charge in [-0.15, -0.1) is 0 Å². The lowest BCUT2D eigenvalue weighted by molar-refractivity contribution is 0.660. The Morgan fingerprint density at radius 2 is 0.374 bits per heavy atom. The second-order valence-electron chi connectivity index (χ2n) is 33.2. The molecule has 2 nitrogen and oxygen atoms in total. The van der Waals surface area contributed by atoms with Crippen molar-refractivity contribution in [3.63, 3.8) is 0 Å². The Morgan fingerprint density at radius 1 is 0.174 bits per heavy atom. The normalized spacial score (nSPS) is 13.8. The highest BCUT2D eigenvalue weighted by atomic mass is 15.1. The maximum atomic E-state index is 2.45. The van der Waals surface area contributed by atoms with Gasteiger partial charge in [-0.25, -0.2) is 0 Å². The molecule has 21 rings (SSSR count). The minimum atomic E-state index is -0.254. The zero-order valence-corrected chi connectivity index (χ0v) is 65.5. The van der Waals surface area contributed by atoms with Gasteiger partial charge in [-0.2, -0.15) is 0 Å². The van der Waals surface area contributed by atoms with Crippen LogP contribution in [0.3, 0.4) is 0 Å². The van der Waals surface area contributed by atoms with Crippen molar-refractivity contribution in [1.82, 2.24) is 0 Å². The van der Waals surface area contributed by atoms with Crippen LogP contribution in [-0.4, -0.2) is 0 Å². The van der Waals surface area contributed by atoms with Crippen molar-refractivity contribution >= 4 is 102 Å². The van der Waals surface area contributed by atoms with Crippen LogP contribution in [0.2, 0.25) is 0 Å². The number of fused-ring (bicyclic) bond motifs is 13. The largest absolute Gasteiger partial charge is 0.310 e. The van der Waals surface area contributed by atoms with Crippen LogP contribution < -0.4 is 9.80 Å². The van der Waals surface area contributed by atoms with Gasteiger partial charge in [0.15, 0.2) is 0 Å². The van der Waals surface area contributed by atoms with Crippen molar-refractivity contribution in [2.45, 2.75) is 57.8 Å². The summed E-state index contributed by atoms with van der Waals surface area (Å²) in [4.78, 5) is 4.86.